The van der Waals surface area contributed by atoms with Crippen LogP contribution in [0.1, 0.15) is 18.4 Å². The average Bonchev–Trinajstić information content (AvgIpc) is 3.12. The second kappa shape index (κ2) is 5.82. The van der Waals surface area contributed by atoms with Gasteiger partial charge in [-0.25, -0.2) is 4.98 Å². The molecule has 5 heteroatoms. The molecular formula is C13H18N2O3. The van der Waals surface area contributed by atoms with Crippen molar-refractivity contribution in [3.8, 4) is 5.88 Å². The van der Waals surface area contributed by atoms with Gasteiger partial charge in [0, 0.05) is 24.8 Å². The predicted molar refractivity (Wildman–Crippen MR) is 66.4 cm³/mol. The third-order valence-corrected chi connectivity index (χ3v) is 3.01. The highest BCUT2D eigenvalue weighted by molar-refractivity contribution is 5.69. The zero-order valence-electron chi connectivity index (χ0n) is 10.5. The van der Waals surface area contributed by atoms with Gasteiger partial charge in [0.2, 0.25) is 5.88 Å². The number of pyridine rings is 1. The molecule has 0 spiro atoms. The van der Waals surface area contributed by atoms with Gasteiger partial charge in [-0.05, 0) is 24.8 Å². The van der Waals surface area contributed by atoms with Crippen LogP contribution in [-0.4, -0.2) is 41.2 Å². The Morgan fingerprint density at radius 1 is 1.61 bits per heavy atom. The van der Waals surface area contributed by atoms with Gasteiger partial charge in [0.25, 0.3) is 0 Å². The molecule has 1 aliphatic carbocycles. The van der Waals surface area contributed by atoms with Gasteiger partial charge >= 0.3 is 5.97 Å². The number of carboxylic acids is 1. The Labute approximate surface area is 106 Å². The third kappa shape index (κ3) is 3.70. The summed E-state index contributed by atoms with van der Waals surface area (Å²) in [7, 11) is 1.58. The maximum atomic E-state index is 10.9. The zero-order valence-corrected chi connectivity index (χ0v) is 10.5. The molecule has 1 N–H and O–H groups in total. The summed E-state index contributed by atoms with van der Waals surface area (Å²) in [6.07, 6.45) is 4.09. The second-order valence-electron chi connectivity index (χ2n) is 4.68. The summed E-state index contributed by atoms with van der Waals surface area (Å²) in [6, 6.07) is 3.77. The van der Waals surface area contributed by atoms with E-state index in [0.29, 0.717) is 18.3 Å². The molecule has 1 aromatic heterocycles. The number of rotatable bonds is 7. The zero-order chi connectivity index (χ0) is 13.0. The second-order valence-corrected chi connectivity index (χ2v) is 4.68. The normalized spacial score (nSPS) is 14.8. The highest BCUT2D eigenvalue weighted by Gasteiger charge is 2.25. The molecule has 0 amide bonds. The molecule has 0 aliphatic heterocycles. The smallest absolute Gasteiger partial charge is 0.317 e. The summed E-state index contributed by atoms with van der Waals surface area (Å²) in [5.74, 6) is 0.439. The van der Waals surface area contributed by atoms with Crippen LogP contribution in [0, 0.1) is 5.92 Å². The van der Waals surface area contributed by atoms with Gasteiger partial charge in [0.15, 0.2) is 0 Å². The molecule has 1 saturated carbocycles. The van der Waals surface area contributed by atoms with Gasteiger partial charge in [-0.1, -0.05) is 6.07 Å². The fourth-order valence-electron chi connectivity index (χ4n) is 2.01. The van der Waals surface area contributed by atoms with Crippen LogP contribution in [0.3, 0.4) is 0 Å². The van der Waals surface area contributed by atoms with E-state index in [1.807, 2.05) is 17.0 Å². The number of hydrogen-bond donors (Lipinski definition) is 1. The van der Waals surface area contributed by atoms with Crippen molar-refractivity contribution in [3.63, 3.8) is 0 Å². The molecule has 0 unspecified atom stereocenters. The Bertz CT molecular complexity index is 418. The van der Waals surface area contributed by atoms with E-state index in [1.54, 1.807) is 13.3 Å². The van der Waals surface area contributed by atoms with Gasteiger partial charge in [-0.2, -0.15) is 0 Å². The molecule has 1 aliphatic rings. The predicted octanol–water partition coefficient (Wildman–Crippen LogP) is 1.39. The van der Waals surface area contributed by atoms with Crippen LogP contribution in [0.15, 0.2) is 18.3 Å². The van der Waals surface area contributed by atoms with Crippen LogP contribution in [-0.2, 0) is 11.3 Å². The van der Waals surface area contributed by atoms with Crippen molar-refractivity contribution in [3.05, 3.63) is 23.9 Å². The number of aromatic nitrogens is 1. The lowest BCUT2D eigenvalue weighted by molar-refractivity contribution is -0.138. The van der Waals surface area contributed by atoms with Crippen molar-refractivity contribution in [2.24, 2.45) is 5.92 Å². The Balaban J connectivity index is 2.03. The molecule has 98 valence electrons. The van der Waals surface area contributed by atoms with E-state index < -0.39 is 5.97 Å². The molecule has 2 rings (SSSR count). The van der Waals surface area contributed by atoms with E-state index in [-0.39, 0.29) is 6.54 Å². The SMILES string of the molecule is COc1ncccc1CN(CC(=O)O)CC1CC1. The molecule has 0 saturated heterocycles. The van der Waals surface area contributed by atoms with E-state index in [2.05, 4.69) is 4.98 Å². The lowest BCUT2D eigenvalue weighted by Gasteiger charge is -2.20. The summed E-state index contributed by atoms with van der Waals surface area (Å²) in [6.45, 7) is 1.47. The van der Waals surface area contributed by atoms with Gasteiger partial charge in [0.05, 0.1) is 13.7 Å². The molecule has 5 nitrogen and oxygen atoms in total. The van der Waals surface area contributed by atoms with Crippen molar-refractivity contribution in [1.82, 2.24) is 9.88 Å². The number of hydrogen-bond acceptors (Lipinski definition) is 4. The Hall–Kier alpha value is -1.62. The number of carboxylic acid groups (broad SMARTS) is 1. The molecular weight excluding hydrogens is 232 g/mol. The molecule has 0 atom stereocenters. The van der Waals surface area contributed by atoms with Crippen molar-refractivity contribution in [1.29, 1.82) is 0 Å². The number of methoxy groups -OCH3 is 1. The first-order chi connectivity index (χ1) is 8.69. The summed E-state index contributed by atoms with van der Waals surface area (Å²) in [5, 5.41) is 8.93. The first kappa shape index (κ1) is 12.8. The summed E-state index contributed by atoms with van der Waals surface area (Å²) < 4.78 is 5.19. The maximum absolute atomic E-state index is 10.9. The summed E-state index contributed by atoms with van der Waals surface area (Å²) >= 11 is 0. The monoisotopic (exact) mass is 250 g/mol. The summed E-state index contributed by atoms with van der Waals surface area (Å²) in [4.78, 5) is 16.9. The van der Waals surface area contributed by atoms with E-state index in [1.165, 1.54) is 12.8 Å². The minimum absolute atomic E-state index is 0.0640. The molecule has 0 aromatic carbocycles. The first-order valence-electron chi connectivity index (χ1n) is 6.11. The van der Waals surface area contributed by atoms with E-state index >= 15 is 0 Å². The van der Waals surface area contributed by atoms with E-state index in [9.17, 15) is 4.79 Å². The Kier molecular flexibility index (Phi) is 4.15. The number of nitrogens with zero attached hydrogens (tertiary/aromatic N) is 2. The third-order valence-electron chi connectivity index (χ3n) is 3.01. The molecule has 1 fully saturated rings. The Morgan fingerprint density at radius 3 is 3.00 bits per heavy atom. The molecule has 0 radical (unpaired) electrons. The molecule has 1 heterocycles. The minimum atomic E-state index is -0.793. The lowest BCUT2D eigenvalue weighted by atomic mass is 10.2. The largest absolute Gasteiger partial charge is 0.481 e. The Morgan fingerprint density at radius 2 is 2.39 bits per heavy atom. The van der Waals surface area contributed by atoms with Gasteiger partial charge in [0.1, 0.15) is 0 Å². The van der Waals surface area contributed by atoms with Crippen LogP contribution >= 0.6 is 0 Å². The number of carbonyl (C=O) groups is 1. The van der Waals surface area contributed by atoms with Gasteiger partial charge in [-0.15, -0.1) is 0 Å². The van der Waals surface area contributed by atoms with Crippen LogP contribution in [0.2, 0.25) is 0 Å². The first-order valence-corrected chi connectivity index (χ1v) is 6.11. The van der Waals surface area contributed by atoms with Crippen molar-refractivity contribution in [2.45, 2.75) is 19.4 Å². The quantitative estimate of drug-likeness (QED) is 0.792. The van der Waals surface area contributed by atoms with Crippen LogP contribution in [0.4, 0.5) is 0 Å². The maximum Gasteiger partial charge on any atom is 0.317 e. The highest BCUT2D eigenvalue weighted by atomic mass is 16.5. The molecule has 0 bridgehead atoms. The average molecular weight is 250 g/mol. The topological polar surface area (TPSA) is 62.7 Å². The highest BCUT2D eigenvalue weighted by Crippen LogP contribution is 2.30. The minimum Gasteiger partial charge on any atom is -0.481 e. The number of aliphatic carboxylic acids is 1. The van der Waals surface area contributed by atoms with Gasteiger partial charge < -0.3 is 9.84 Å². The number of ether oxygens (including phenoxy) is 1. The van der Waals surface area contributed by atoms with Crippen molar-refractivity contribution < 1.29 is 14.6 Å². The fourth-order valence-corrected chi connectivity index (χ4v) is 2.01. The fraction of sp³-hybridized carbons (Fsp3) is 0.538. The van der Waals surface area contributed by atoms with Crippen LogP contribution < -0.4 is 4.74 Å². The molecule has 18 heavy (non-hydrogen) atoms. The van der Waals surface area contributed by atoms with Gasteiger partial charge in [-0.3, -0.25) is 9.69 Å². The van der Waals surface area contributed by atoms with E-state index in [4.69, 9.17) is 9.84 Å². The molecule has 1 aromatic rings. The van der Waals surface area contributed by atoms with Crippen molar-refractivity contribution >= 4 is 5.97 Å². The van der Waals surface area contributed by atoms with Crippen molar-refractivity contribution in [2.75, 3.05) is 20.2 Å². The summed E-state index contributed by atoms with van der Waals surface area (Å²) in [5.41, 5.74) is 0.932. The lowest BCUT2D eigenvalue weighted by Crippen LogP contribution is -2.31. The standard InChI is InChI=1S/C13H18N2O3/c1-18-13-11(3-2-6-14-13)8-15(9-12(16)17)7-10-4-5-10/h2-3,6,10H,4-5,7-9H2,1H3,(H,16,17). The van der Waals surface area contributed by atoms with Crippen LogP contribution in [0.25, 0.3) is 0 Å². The van der Waals surface area contributed by atoms with E-state index in [0.717, 1.165) is 12.1 Å². The van der Waals surface area contributed by atoms with Crippen LogP contribution in [0.5, 0.6) is 5.88 Å².